The topological polar surface area (TPSA) is 50.7 Å². The molecule has 1 aromatic carbocycles. The van der Waals surface area contributed by atoms with Gasteiger partial charge in [-0.1, -0.05) is 25.1 Å². The Morgan fingerprint density at radius 1 is 1.15 bits per heavy atom. The Hall–Kier alpha value is -2.33. The molecule has 1 unspecified atom stereocenters. The van der Waals surface area contributed by atoms with Gasteiger partial charge in [-0.05, 0) is 30.3 Å². The summed E-state index contributed by atoms with van der Waals surface area (Å²) in [5.74, 6) is 0. The van der Waals surface area contributed by atoms with Crippen molar-refractivity contribution in [1.82, 2.24) is 20.3 Å². The SMILES string of the molecule is CCNC(c1cnc2ccccc2c1)c1ccncn1. The van der Waals surface area contributed by atoms with E-state index < -0.39 is 0 Å². The molecule has 1 atom stereocenters. The van der Waals surface area contributed by atoms with Crippen LogP contribution < -0.4 is 5.32 Å². The van der Waals surface area contributed by atoms with E-state index in [1.165, 1.54) is 0 Å². The molecule has 0 spiro atoms. The van der Waals surface area contributed by atoms with Crippen LogP contribution >= 0.6 is 0 Å². The highest BCUT2D eigenvalue weighted by Crippen LogP contribution is 2.22. The van der Waals surface area contributed by atoms with E-state index in [2.05, 4.69) is 39.3 Å². The molecule has 0 aliphatic heterocycles. The Morgan fingerprint density at radius 3 is 2.85 bits per heavy atom. The highest BCUT2D eigenvalue weighted by atomic mass is 15.0. The van der Waals surface area contributed by atoms with Crippen LogP contribution in [0, 0.1) is 0 Å². The van der Waals surface area contributed by atoms with Crippen molar-refractivity contribution < 1.29 is 0 Å². The van der Waals surface area contributed by atoms with Crippen LogP contribution in [0.15, 0.2) is 55.1 Å². The van der Waals surface area contributed by atoms with Gasteiger partial charge in [0.25, 0.3) is 0 Å². The molecule has 3 aromatic rings. The molecule has 1 N–H and O–H groups in total. The van der Waals surface area contributed by atoms with Crippen LogP contribution in [-0.4, -0.2) is 21.5 Å². The molecule has 0 saturated heterocycles. The largest absolute Gasteiger partial charge is 0.305 e. The molecule has 3 rings (SSSR count). The first kappa shape index (κ1) is 12.7. The summed E-state index contributed by atoms with van der Waals surface area (Å²) in [5.41, 5.74) is 3.08. The normalized spacial score (nSPS) is 12.4. The maximum absolute atomic E-state index is 4.53. The molecule has 0 fully saturated rings. The van der Waals surface area contributed by atoms with E-state index in [0.29, 0.717) is 0 Å². The lowest BCUT2D eigenvalue weighted by atomic mass is 10.0. The number of hydrogen-bond acceptors (Lipinski definition) is 4. The van der Waals surface area contributed by atoms with Crippen LogP contribution in [0.2, 0.25) is 0 Å². The van der Waals surface area contributed by atoms with Crippen LogP contribution in [-0.2, 0) is 0 Å². The Kier molecular flexibility index (Phi) is 3.65. The Bertz CT molecular complexity index is 697. The summed E-state index contributed by atoms with van der Waals surface area (Å²) in [5, 5.41) is 4.59. The number of pyridine rings is 1. The lowest BCUT2D eigenvalue weighted by molar-refractivity contribution is 0.613. The van der Waals surface area contributed by atoms with E-state index in [1.54, 1.807) is 12.5 Å². The summed E-state index contributed by atoms with van der Waals surface area (Å²) in [6.07, 6.45) is 5.26. The van der Waals surface area contributed by atoms with Crippen molar-refractivity contribution in [2.24, 2.45) is 0 Å². The molecule has 4 nitrogen and oxygen atoms in total. The molecule has 2 heterocycles. The lowest BCUT2D eigenvalue weighted by Crippen LogP contribution is -2.23. The summed E-state index contributed by atoms with van der Waals surface area (Å²) >= 11 is 0. The van der Waals surface area contributed by atoms with Gasteiger partial charge in [-0.25, -0.2) is 9.97 Å². The van der Waals surface area contributed by atoms with E-state index in [1.807, 2.05) is 30.5 Å². The second kappa shape index (κ2) is 5.75. The molecule has 0 saturated carbocycles. The highest BCUT2D eigenvalue weighted by Gasteiger charge is 2.14. The Balaban J connectivity index is 2.05. The third kappa shape index (κ3) is 2.51. The predicted octanol–water partition coefficient (Wildman–Crippen LogP) is 2.72. The minimum atomic E-state index is 0.0418. The summed E-state index contributed by atoms with van der Waals surface area (Å²) in [4.78, 5) is 12.9. The Morgan fingerprint density at radius 2 is 2.05 bits per heavy atom. The molecule has 100 valence electrons. The summed E-state index contributed by atoms with van der Waals surface area (Å²) < 4.78 is 0. The Labute approximate surface area is 117 Å². The average Bonchev–Trinajstić information content (AvgIpc) is 2.53. The zero-order chi connectivity index (χ0) is 13.8. The van der Waals surface area contributed by atoms with Gasteiger partial charge >= 0.3 is 0 Å². The quantitative estimate of drug-likeness (QED) is 0.787. The summed E-state index contributed by atoms with van der Waals surface area (Å²) in [6.45, 7) is 2.95. The molecular formula is C16H16N4. The van der Waals surface area contributed by atoms with Crippen molar-refractivity contribution in [2.75, 3.05) is 6.54 Å². The minimum Gasteiger partial charge on any atom is -0.305 e. The van der Waals surface area contributed by atoms with E-state index in [0.717, 1.165) is 28.7 Å². The average molecular weight is 264 g/mol. The van der Waals surface area contributed by atoms with Gasteiger partial charge in [0.2, 0.25) is 0 Å². The molecule has 0 radical (unpaired) electrons. The maximum Gasteiger partial charge on any atom is 0.115 e. The maximum atomic E-state index is 4.53. The third-order valence-corrected chi connectivity index (χ3v) is 3.25. The second-order valence-electron chi connectivity index (χ2n) is 4.59. The van der Waals surface area contributed by atoms with E-state index >= 15 is 0 Å². The van der Waals surface area contributed by atoms with Crippen molar-refractivity contribution in [3.8, 4) is 0 Å². The first-order chi connectivity index (χ1) is 9.88. The van der Waals surface area contributed by atoms with Crippen molar-refractivity contribution in [1.29, 1.82) is 0 Å². The van der Waals surface area contributed by atoms with Crippen LogP contribution in [0.25, 0.3) is 10.9 Å². The van der Waals surface area contributed by atoms with E-state index in [9.17, 15) is 0 Å². The second-order valence-corrected chi connectivity index (χ2v) is 4.59. The molecule has 0 bridgehead atoms. The molecule has 20 heavy (non-hydrogen) atoms. The number of benzene rings is 1. The number of para-hydroxylation sites is 1. The van der Waals surface area contributed by atoms with Gasteiger partial charge in [0.05, 0.1) is 17.3 Å². The van der Waals surface area contributed by atoms with Crippen LogP contribution in [0.1, 0.15) is 24.2 Å². The van der Waals surface area contributed by atoms with Gasteiger partial charge in [0.1, 0.15) is 6.33 Å². The first-order valence-corrected chi connectivity index (χ1v) is 6.72. The van der Waals surface area contributed by atoms with E-state index in [-0.39, 0.29) is 6.04 Å². The van der Waals surface area contributed by atoms with Crippen molar-refractivity contribution in [2.45, 2.75) is 13.0 Å². The predicted molar refractivity (Wildman–Crippen MR) is 79.3 cm³/mol. The summed E-state index contributed by atoms with van der Waals surface area (Å²) in [6, 6.07) is 12.3. The molecule has 0 aliphatic carbocycles. The fourth-order valence-electron chi connectivity index (χ4n) is 2.31. The molecule has 0 aliphatic rings. The number of rotatable bonds is 4. The highest BCUT2D eigenvalue weighted by molar-refractivity contribution is 5.78. The van der Waals surface area contributed by atoms with Gasteiger partial charge in [-0.3, -0.25) is 4.98 Å². The lowest BCUT2D eigenvalue weighted by Gasteiger charge is -2.17. The first-order valence-electron chi connectivity index (χ1n) is 6.72. The number of aromatic nitrogens is 3. The van der Waals surface area contributed by atoms with Crippen molar-refractivity contribution >= 4 is 10.9 Å². The standard InChI is InChI=1S/C16H16N4/c1-2-18-16(15-7-8-17-11-20-15)13-9-12-5-3-4-6-14(12)19-10-13/h3-11,16,18H,2H2,1H3. The monoisotopic (exact) mass is 264 g/mol. The number of fused-ring (bicyclic) bond motifs is 1. The van der Waals surface area contributed by atoms with Gasteiger partial charge in [0.15, 0.2) is 0 Å². The van der Waals surface area contributed by atoms with Gasteiger partial charge in [-0.15, -0.1) is 0 Å². The zero-order valence-electron chi connectivity index (χ0n) is 11.3. The van der Waals surface area contributed by atoms with E-state index in [4.69, 9.17) is 0 Å². The number of nitrogens with one attached hydrogen (secondary N) is 1. The molecule has 4 heteroatoms. The molecule has 2 aromatic heterocycles. The zero-order valence-corrected chi connectivity index (χ0v) is 11.3. The van der Waals surface area contributed by atoms with Crippen molar-refractivity contribution in [3.05, 3.63) is 66.4 Å². The fourth-order valence-corrected chi connectivity index (χ4v) is 2.31. The molecular weight excluding hydrogens is 248 g/mol. The van der Waals surface area contributed by atoms with Gasteiger partial charge in [-0.2, -0.15) is 0 Å². The minimum absolute atomic E-state index is 0.0418. The number of nitrogens with zero attached hydrogens (tertiary/aromatic N) is 3. The third-order valence-electron chi connectivity index (χ3n) is 3.25. The van der Waals surface area contributed by atoms with Gasteiger partial charge in [0, 0.05) is 17.8 Å². The van der Waals surface area contributed by atoms with Gasteiger partial charge < -0.3 is 5.32 Å². The van der Waals surface area contributed by atoms with Crippen LogP contribution in [0.5, 0.6) is 0 Å². The fraction of sp³-hybridized carbons (Fsp3) is 0.188. The molecule has 0 amide bonds. The van der Waals surface area contributed by atoms with Crippen molar-refractivity contribution in [3.63, 3.8) is 0 Å². The van der Waals surface area contributed by atoms with Crippen LogP contribution in [0.3, 0.4) is 0 Å². The smallest absolute Gasteiger partial charge is 0.115 e. The number of hydrogen-bond donors (Lipinski definition) is 1. The van der Waals surface area contributed by atoms with Crippen LogP contribution in [0.4, 0.5) is 0 Å². The summed E-state index contributed by atoms with van der Waals surface area (Å²) in [7, 11) is 0.